The number of hydrogen-bond acceptors (Lipinski definition) is 6. The van der Waals surface area contributed by atoms with Crippen LogP contribution in [0.5, 0.6) is 0 Å². The molecule has 2 N–H and O–H groups in total. The quantitative estimate of drug-likeness (QED) is 0.446. The largest absolute Gasteiger partial charge is 0.386 e. The lowest BCUT2D eigenvalue weighted by Crippen LogP contribution is -2.46. The van der Waals surface area contributed by atoms with Crippen molar-refractivity contribution in [1.29, 1.82) is 0 Å². The normalized spacial score (nSPS) is 18.0. The molecule has 1 aliphatic rings. The van der Waals surface area contributed by atoms with Crippen LogP contribution < -0.4 is 4.90 Å². The van der Waals surface area contributed by atoms with E-state index in [0.717, 1.165) is 44.7 Å². The van der Waals surface area contributed by atoms with Crippen molar-refractivity contribution in [2.45, 2.75) is 45.6 Å². The summed E-state index contributed by atoms with van der Waals surface area (Å²) in [7, 11) is 1.77. The van der Waals surface area contributed by atoms with E-state index in [1.807, 2.05) is 25.3 Å². The Labute approximate surface area is 205 Å². The standard InChI is InChI=1S/C27H32N6O2/c1-17-11-18(2)26-22(12-17)30-24(31-26)5-6-25(34)32(4)15-27(35)8-10-33(16-27)23-13-19(3)29-21-7-9-28-14-20(21)23/h7,9,11-14,35H,5-6,8,10,15-16H2,1-4H3,(H,30,31)/t27-/m1/s1. The summed E-state index contributed by atoms with van der Waals surface area (Å²) in [6, 6.07) is 8.15. The third-order valence-corrected chi connectivity index (χ3v) is 6.89. The lowest BCUT2D eigenvalue weighted by molar-refractivity contribution is -0.132. The van der Waals surface area contributed by atoms with Gasteiger partial charge < -0.3 is 19.9 Å². The van der Waals surface area contributed by atoms with Crippen LogP contribution in [-0.2, 0) is 11.2 Å². The predicted molar refractivity (Wildman–Crippen MR) is 138 cm³/mol. The first-order valence-corrected chi connectivity index (χ1v) is 12.1. The summed E-state index contributed by atoms with van der Waals surface area (Å²) < 4.78 is 0. The molecule has 1 fully saturated rings. The monoisotopic (exact) mass is 472 g/mol. The van der Waals surface area contributed by atoms with Crippen molar-refractivity contribution in [3.8, 4) is 0 Å². The molecule has 8 nitrogen and oxygen atoms in total. The minimum absolute atomic E-state index is 0.000334. The minimum atomic E-state index is -0.968. The maximum Gasteiger partial charge on any atom is 0.222 e. The number of imidazole rings is 1. The molecule has 3 aromatic heterocycles. The Morgan fingerprint density at radius 3 is 2.89 bits per heavy atom. The van der Waals surface area contributed by atoms with Crippen LogP contribution >= 0.6 is 0 Å². The fourth-order valence-corrected chi connectivity index (χ4v) is 5.22. The van der Waals surface area contributed by atoms with Crippen LogP contribution in [0.3, 0.4) is 0 Å². The van der Waals surface area contributed by atoms with Crippen molar-refractivity contribution in [2.24, 2.45) is 0 Å². The lowest BCUT2D eigenvalue weighted by Gasteiger charge is -2.29. The number of aliphatic hydroxyl groups is 1. The average molecular weight is 473 g/mol. The Morgan fingerprint density at radius 1 is 1.23 bits per heavy atom. The van der Waals surface area contributed by atoms with Gasteiger partial charge in [-0.05, 0) is 56.5 Å². The van der Waals surface area contributed by atoms with Crippen LogP contribution in [0.1, 0.15) is 35.5 Å². The number of aryl methyl sites for hydroxylation is 4. The zero-order valence-electron chi connectivity index (χ0n) is 20.8. The summed E-state index contributed by atoms with van der Waals surface area (Å²) in [5.41, 5.74) is 6.17. The molecule has 0 unspecified atom stereocenters. The van der Waals surface area contributed by atoms with E-state index in [0.29, 0.717) is 38.9 Å². The van der Waals surface area contributed by atoms with E-state index >= 15 is 0 Å². The SMILES string of the molecule is Cc1cc(C)c2nc(CCC(=O)N(C)C[C@]3(O)CCN(c4cc(C)nc5ccncc45)C3)[nH]c2c1. The van der Waals surface area contributed by atoms with Gasteiger partial charge >= 0.3 is 0 Å². The number of amides is 1. The second-order valence-electron chi connectivity index (χ2n) is 9.98. The van der Waals surface area contributed by atoms with Crippen molar-refractivity contribution in [1.82, 2.24) is 24.8 Å². The smallest absolute Gasteiger partial charge is 0.222 e. The molecule has 4 heterocycles. The maximum absolute atomic E-state index is 12.9. The molecule has 182 valence electrons. The highest BCUT2D eigenvalue weighted by Crippen LogP contribution is 2.32. The molecule has 1 aliphatic heterocycles. The Balaban J connectivity index is 1.23. The van der Waals surface area contributed by atoms with E-state index in [2.05, 4.69) is 50.8 Å². The first-order valence-electron chi connectivity index (χ1n) is 12.1. The number of aromatic amines is 1. The molecule has 0 aliphatic carbocycles. The van der Waals surface area contributed by atoms with Crippen molar-refractivity contribution in [2.75, 3.05) is 31.6 Å². The van der Waals surface area contributed by atoms with Gasteiger partial charge in [0.2, 0.25) is 5.91 Å². The van der Waals surface area contributed by atoms with Crippen LogP contribution in [0.15, 0.2) is 36.7 Å². The van der Waals surface area contributed by atoms with Gasteiger partial charge in [0.05, 0.1) is 23.1 Å². The molecule has 0 spiro atoms. The van der Waals surface area contributed by atoms with Gasteiger partial charge in [0.1, 0.15) is 11.4 Å². The molecule has 0 bridgehead atoms. The van der Waals surface area contributed by atoms with E-state index in [1.165, 1.54) is 5.56 Å². The number of pyridine rings is 2. The van der Waals surface area contributed by atoms with Crippen molar-refractivity contribution in [3.63, 3.8) is 0 Å². The third-order valence-electron chi connectivity index (χ3n) is 6.89. The summed E-state index contributed by atoms with van der Waals surface area (Å²) in [6.07, 6.45) is 5.04. The zero-order chi connectivity index (χ0) is 24.7. The van der Waals surface area contributed by atoms with E-state index in [1.54, 1.807) is 18.1 Å². The molecular weight excluding hydrogens is 440 g/mol. The summed E-state index contributed by atoms with van der Waals surface area (Å²) in [5, 5.41) is 12.3. The molecule has 1 aromatic carbocycles. The number of aromatic nitrogens is 4. The number of likely N-dealkylation sites (N-methyl/N-ethyl adjacent to an activating group) is 1. The van der Waals surface area contributed by atoms with Gasteiger partial charge in [-0.2, -0.15) is 0 Å². The fraction of sp³-hybridized carbons (Fsp3) is 0.407. The molecule has 35 heavy (non-hydrogen) atoms. The predicted octanol–water partition coefficient (Wildman–Crippen LogP) is 3.46. The second kappa shape index (κ2) is 8.92. The topological polar surface area (TPSA) is 98.2 Å². The minimum Gasteiger partial charge on any atom is -0.386 e. The van der Waals surface area contributed by atoms with Gasteiger partial charge in [-0.15, -0.1) is 0 Å². The number of carbonyl (C=O) groups excluding carboxylic acids is 1. The van der Waals surface area contributed by atoms with Gasteiger partial charge in [-0.3, -0.25) is 14.8 Å². The van der Waals surface area contributed by atoms with Crippen molar-refractivity contribution in [3.05, 3.63) is 59.3 Å². The van der Waals surface area contributed by atoms with Gasteiger partial charge in [0.25, 0.3) is 0 Å². The summed E-state index contributed by atoms with van der Waals surface area (Å²) >= 11 is 0. The van der Waals surface area contributed by atoms with Gasteiger partial charge in [-0.1, -0.05) is 6.07 Å². The number of hydrogen-bond donors (Lipinski definition) is 2. The molecule has 5 rings (SSSR count). The molecule has 0 saturated carbocycles. The maximum atomic E-state index is 12.9. The van der Waals surface area contributed by atoms with Gasteiger partial charge in [0.15, 0.2) is 0 Å². The van der Waals surface area contributed by atoms with E-state index < -0.39 is 5.60 Å². The van der Waals surface area contributed by atoms with Crippen LogP contribution in [-0.4, -0.2) is 68.1 Å². The lowest BCUT2D eigenvalue weighted by atomic mass is 10.0. The highest BCUT2D eigenvalue weighted by atomic mass is 16.3. The van der Waals surface area contributed by atoms with Gasteiger partial charge in [-0.25, -0.2) is 4.98 Å². The van der Waals surface area contributed by atoms with E-state index in [9.17, 15) is 9.90 Å². The Hall–Kier alpha value is -3.52. The van der Waals surface area contributed by atoms with E-state index in [4.69, 9.17) is 0 Å². The summed E-state index contributed by atoms with van der Waals surface area (Å²) in [6.45, 7) is 7.56. The van der Waals surface area contributed by atoms with Crippen LogP contribution in [0.2, 0.25) is 0 Å². The summed E-state index contributed by atoms with van der Waals surface area (Å²) in [4.78, 5) is 33.6. The van der Waals surface area contributed by atoms with Crippen molar-refractivity contribution >= 4 is 33.5 Å². The molecule has 1 atom stereocenters. The van der Waals surface area contributed by atoms with Crippen molar-refractivity contribution < 1.29 is 9.90 Å². The number of fused-ring (bicyclic) bond motifs is 2. The van der Waals surface area contributed by atoms with Crippen LogP contribution in [0.4, 0.5) is 5.69 Å². The number of carbonyl (C=O) groups is 1. The third kappa shape index (κ3) is 4.71. The Morgan fingerprint density at radius 2 is 2.06 bits per heavy atom. The second-order valence-corrected chi connectivity index (χ2v) is 9.98. The fourth-order valence-electron chi connectivity index (χ4n) is 5.22. The number of H-pyrrole nitrogens is 1. The number of benzene rings is 1. The zero-order valence-corrected chi connectivity index (χ0v) is 20.8. The first kappa shape index (κ1) is 23.2. The number of β-amino-alcohol motifs (C(OH)–C–C–N with tert-alkyl or cyclic N) is 1. The van der Waals surface area contributed by atoms with Crippen LogP contribution in [0, 0.1) is 20.8 Å². The molecule has 8 heteroatoms. The number of anilines is 1. The van der Waals surface area contributed by atoms with Gasteiger partial charge in [0, 0.05) is 62.1 Å². The van der Waals surface area contributed by atoms with Crippen LogP contribution in [0.25, 0.3) is 21.9 Å². The molecular formula is C27H32N6O2. The molecule has 0 radical (unpaired) electrons. The molecule has 1 saturated heterocycles. The first-order chi connectivity index (χ1) is 16.7. The Bertz CT molecular complexity index is 1410. The number of nitrogens with one attached hydrogen (secondary N) is 1. The molecule has 1 amide bonds. The average Bonchev–Trinajstić information content (AvgIpc) is 3.40. The summed E-state index contributed by atoms with van der Waals surface area (Å²) in [5.74, 6) is 0.814. The van der Waals surface area contributed by atoms with E-state index in [-0.39, 0.29) is 5.91 Å². The highest BCUT2D eigenvalue weighted by Gasteiger charge is 2.38. The number of nitrogens with zero attached hydrogens (tertiary/aromatic N) is 5. The highest BCUT2D eigenvalue weighted by molar-refractivity contribution is 5.91. The Kier molecular flexibility index (Phi) is 5.92. The number of rotatable bonds is 6. The molecule has 4 aromatic rings.